The summed E-state index contributed by atoms with van der Waals surface area (Å²) in [4.78, 5) is 25.1. The Morgan fingerprint density at radius 3 is 3.11 bits per heavy atom. The van der Waals surface area contributed by atoms with Crippen LogP contribution in [0.2, 0.25) is 0 Å². The Labute approximate surface area is 109 Å². The first-order valence-electron chi connectivity index (χ1n) is 5.85. The molecule has 0 aliphatic carbocycles. The Morgan fingerprint density at radius 1 is 1.58 bits per heavy atom. The zero-order valence-electron chi connectivity index (χ0n) is 10.3. The number of nitrogens with zero attached hydrogens (tertiary/aromatic N) is 3. The van der Waals surface area contributed by atoms with Gasteiger partial charge in [-0.25, -0.2) is 0 Å². The molecule has 2 N–H and O–H groups in total. The van der Waals surface area contributed by atoms with E-state index in [0.717, 1.165) is 0 Å². The number of pyridine rings is 1. The lowest BCUT2D eigenvalue weighted by atomic mass is 10.3. The number of nitriles is 1. The van der Waals surface area contributed by atoms with Crippen LogP contribution in [0.25, 0.3) is 0 Å². The van der Waals surface area contributed by atoms with E-state index in [-0.39, 0.29) is 24.6 Å². The lowest BCUT2D eigenvalue weighted by molar-refractivity contribution is -0.137. The summed E-state index contributed by atoms with van der Waals surface area (Å²) in [5.74, 6) is -0.226. The van der Waals surface area contributed by atoms with Crippen molar-refractivity contribution in [2.75, 3.05) is 25.4 Å². The van der Waals surface area contributed by atoms with E-state index in [4.69, 9.17) is 15.7 Å². The van der Waals surface area contributed by atoms with Crippen molar-refractivity contribution in [3.8, 4) is 6.07 Å². The molecular formula is C12H14N4O3. The standard InChI is InChI=1S/C12H14N4O3/c13-5-10-7-15(3-4-19-10)12(18)8-16-6-9(14)1-2-11(16)17/h1-2,6,10H,3-4,7-8,14H2. The highest BCUT2D eigenvalue weighted by atomic mass is 16.5. The highest BCUT2D eigenvalue weighted by molar-refractivity contribution is 5.76. The number of hydrogen-bond acceptors (Lipinski definition) is 5. The van der Waals surface area contributed by atoms with Crippen molar-refractivity contribution in [2.24, 2.45) is 0 Å². The number of nitrogens with two attached hydrogens (primary N) is 1. The summed E-state index contributed by atoms with van der Waals surface area (Å²) in [5, 5.41) is 8.78. The maximum atomic E-state index is 12.1. The number of anilines is 1. The zero-order chi connectivity index (χ0) is 13.8. The number of carbonyl (C=O) groups is 1. The minimum absolute atomic E-state index is 0.0813. The van der Waals surface area contributed by atoms with Crippen LogP contribution in [0.1, 0.15) is 0 Å². The summed E-state index contributed by atoms with van der Waals surface area (Å²) in [5.41, 5.74) is 5.71. The highest BCUT2D eigenvalue weighted by Gasteiger charge is 2.24. The first-order chi connectivity index (χ1) is 9.10. The molecule has 1 fully saturated rings. The molecule has 19 heavy (non-hydrogen) atoms. The summed E-state index contributed by atoms with van der Waals surface area (Å²) < 4.78 is 6.42. The van der Waals surface area contributed by atoms with Crippen molar-refractivity contribution in [1.82, 2.24) is 9.47 Å². The van der Waals surface area contributed by atoms with Crippen molar-refractivity contribution in [2.45, 2.75) is 12.6 Å². The molecule has 1 atom stereocenters. The molecule has 1 saturated heterocycles. The Bertz CT molecular complexity index is 575. The predicted molar refractivity (Wildman–Crippen MR) is 67.0 cm³/mol. The molecule has 0 spiro atoms. The third-order valence-corrected chi connectivity index (χ3v) is 2.88. The van der Waals surface area contributed by atoms with Crippen LogP contribution in [0.4, 0.5) is 5.69 Å². The molecule has 7 heteroatoms. The average molecular weight is 262 g/mol. The molecule has 2 rings (SSSR count). The van der Waals surface area contributed by atoms with Crippen LogP contribution in [0.5, 0.6) is 0 Å². The SMILES string of the molecule is N#CC1CN(C(=O)Cn2cc(N)ccc2=O)CCO1. The largest absolute Gasteiger partial charge is 0.398 e. The van der Waals surface area contributed by atoms with E-state index in [1.54, 1.807) is 0 Å². The van der Waals surface area contributed by atoms with Gasteiger partial charge in [-0.2, -0.15) is 5.26 Å². The molecule has 0 saturated carbocycles. The second kappa shape index (κ2) is 5.54. The molecule has 0 aromatic carbocycles. The van der Waals surface area contributed by atoms with Crippen LogP contribution >= 0.6 is 0 Å². The minimum Gasteiger partial charge on any atom is -0.398 e. The molecule has 1 aromatic rings. The molecule has 1 aromatic heterocycles. The lowest BCUT2D eigenvalue weighted by Gasteiger charge is -2.29. The van der Waals surface area contributed by atoms with Crippen molar-refractivity contribution >= 4 is 11.6 Å². The molecule has 1 unspecified atom stereocenters. The van der Waals surface area contributed by atoms with Crippen LogP contribution in [-0.4, -0.2) is 41.2 Å². The number of hydrogen-bond donors (Lipinski definition) is 1. The summed E-state index contributed by atoms with van der Waals surface area (Å²) in [6.45, 7) is 0.901. The van der Waals surface area contributed by atoms with E-state index >= 15 is 0 Å². The number of aromatic nitrogens is 1. The Kier molecular flexibility index (Phi) is 3.82. The van der Waals surface area contributed by atoms with Gasteiger partial charge in [-0.15, -0.1) is 0 Å². The number of ether oxygens (including phenoxy) is 1. The number of amides is 1. The van der Waals surface area contributed by atoms with Gasteiger partial charge in [-0.05, 0) is 6.07 Å². The third-order valence-electron chi connectivity index (χ3n) is 2.88. The maximum Gasteiger partial charge on any atom is 0.251 e. The van der Waals surface area contributed by atoms with Gasteiger partial charge in [0.1, 0.15) is 6.54 Å². The van der Waals surface area contributed by atoms with Gasteiger partial charge >= 0.3 is 0 Å². The first-order valence-corrected chi connectivity index (χ1v) is 5.85. The number of nitrogen functional groups attached to an aromatic ring is 1. The summed E-state index contributed by atoms with van der Waals surface area (Å²) in [6.07, 6.45) is 0.831. The van der Waals surface area contributed by atoms with E-state index in [1.165, 1.54) is 27.8 Å². The lowest BCUT2D eigenvalue weighted by Crippen LogP contribution is -2.46. The summed E-state index contributed by atoms with van der Waals surface area (Å²) in [6, 6.07) is 4.78. The van der Waals surface area contributed by atoms with E-state index in [1.807, 2.05) is 6.07 Å². The molecule has 7 nitrogen and oxygen atoms in total. The van der Waals surface area contributed by atoms with Gasteiger partial charge in [-0.1, -0.05) is 0 Å². The minimum atomic E-state index is -0.602. The van der Waals surface area contributed by atoms with Gasteiger partial charge < -0.3 is 19.9 Å². The third kappa shape index (κ3) is 3.11. The Hall–Kier alpha value is -2.33. The van der Waals surface area contributed by atoms with E-state index in [9.17, 15) is 9.59 Å². The number of rotatable bonds is 2. The Morgan fingerprint density at radius 2 is 2.37 bits per heavy atom. The normalized spacial score (nSPS) is 18.9. The molecule has 1 aliphatic heterocycles. The fourth-order valence-corrected chi connectivity index (χ4v) is 1.87. The smallest absolute Gasteiger partial charge is 0.251 e. The van der Waals surface area contributed by atoms with Gasteiger partial charge in [0.15, 0.2) is 6.10 Å². The fraction of sp³-hybridized carbons (Fsp3) is 0.417. The Balaban J connectivity index is 2.07. The summed E-state index contributed by atoms with van der Waals surface area (Å²) in [7, 11) is 0. The van der Waals surface area contributed by atoms with Gasteiger partial charge in [0, 0.05) is 24.5 Å². The predicted octanol–water partition coefficient (Wildman–Crippen LogP) is -0.819. The number of morpholine rings is 1. The fourth-order valence-electron chi connectivity index (χ4n) is 1.87. The van der Waals surface area contributed by atoms with Crippen molar-refractivity contribution in [3.63, 3.8) is 0 Å². The zero-order valence-corrected chi connectivity index (χ0v) is 10.3. The van der Waals surface area contributed by atoms with Crippen LogP contribution < -0.4 is 11.3 Å². The highest BCUT2D eigenvalue weighted by Crippen LogP contribution is 2.05. The van der Waals surface area contributed by atoms with Crippen LogP contribution in [0.3, 0.4) is 0 Å². The van der Waals surface area contributed by atoms with E-state index in [2.05, 4.69) is 0 Å². The average Bonchev–Trinajstić information content (AvgIpc) is 2.43. The molecule has 1 aliphatic rings. The molecule has 1 amide bonds. The van der Waals surface area contributed by atoms with Crippen molar-refractivity contribution in [1.29, 1.82) is 5.26 Å². The molecule has 100 valence electrons. The maximum absolute atomic E-state index is 12.1. The molecule has 0 bridgehead atoms. The van der Waals surface area contributed by atoms with E-state index in [0.29, 0.717) is 18.8 Å². The van der Waals surface area contributed by atoms with Gasteiger partial charge in [-0.3, -0.25) is 9.59 Å². The quantitative estimate of drug-likeness (QED) is 0.750. The van der Waals surface area contributed by atoms with Crippen molar-refractivity contribution in [3.05, 3.63) is 28.7 Å². The second-order valence-electron chi connectivity index (χ2n) is 4.26. The van der Waals surface area contributed by atoms with E-state index < -0.39 is 6.10 Å². The van der Waals surface area contributed by atoms with Crippen LogP contribution in [0, 0.1) is 11.3 Å². The molecular weight excluding hydrogens is 248 g/mol. The monoisotopic (exact) mass is 262 g/mol. The van der Waals surface area contributed by atoms with Crippen molar-refractivity contribution < 1.29 is 9.53 Å². The molecule has 0 radical (unpaired) electrons. The first kappa shape index (κ1) is 13.1. The number of carbonyl (C=O) groups excluding carboxylic acids is 1. The topological polar surface area (TPSA) is 101 Å². The van der Waals surface area contributed by atoms with Crippen LogP contribution in [0.15, 0.2) is 23.1 Å². The molecule has 2 heterocycles. The van der Waals surface area contributed by atoms with Gasteiger partial charge in [0.2, 0.25) is 5.91 Å². The van der Waals surface area contributed by atoms with Crippen LogP contribution in [-0.2, 0) is 16.1 Å². The van der Waals surface area contributed by atoms with Gasteiger partial charge in [0.25, 0.3) is 5.56 Å². The second-order valence-corrected chi connectivity index (χ2v) is 4.26. The summed E-state index contributed by atoms with van der Waals surface area (Å²) >= 11 is 0. The van der Waals surface area contributed by atoms with Gasteiger partial charge in [0.05, 0.1) is 19.2 Å².